The van der Waals surface area contributed by atoms with Crippen molar-refractivity contribution >= 4 is 17.4 Å². The number of imidazole rings is 1. The summed E-state index contributed by atoms with van der Waals surface area (Å²) < 4.78 is 7.69. The Hall–Kier alpha value is -4.07. The molecule has 1 fully saturated rings. The number of Topliss-reactive ketones (excluding diaryl/α,β-unsaturated/α-hetero) is 1. The van der Waals surface area contributed by atoms with Crippen molar-refractivity contribution < 1.29 is 29.1 Å². The van der Waals surface area contributed by atoms with Crippen LogP contribution in [0.15, 0.2) is 66.8 Å². The number of aromatic amines is 1. The molecule has 5 rings (SSSR count). The summed E-state index contributed by atoms with van der Waals surface area (Å²) in [6, 6.07) is 10.9. The molecule has 0 bridgehead atoms. The number of carbonyl (C=O) groups excluding carboxylic acids is 2. The molecule has 8 nitrogen and oxygen atoms in total. The molecule has 8 heteroatoms. The number of fused-ring (bicyclic) bond motifs is 1. The van der Waals surface area contributed by atoms with Crippen LogP contribution in [0, 0.1) is 0 Å². The van der Waals surface area contributed by atoms with Gasteiger partial charge in [-0.3, -0.25) is 14.6 Å². The number of likely N-dealkylation sites (tertiary alicyclic amines) is 1. The number of ketones is 1. The van der Waals surface area contributed by atoms with Gasteiger partial charge in [-0.05, 0) is 48.4 Å². The molecule has 2 unspecified atom stereocenters. The number of phenolic OH excluding ortho intramolecular Hbond substituents is 1. The summed E-state index contributed by atoms with van der Waals surface area (Å²) in [7, 11) is 0. The van der Waals surface area contributed by atoms with Gasteiger partial charge in [0.05, 0.1) is 18.2 Å². The van der Waals surface area contributed by atoms with Crippen molar-refractivity contribution in [2.75, 3.05) is 6.54 Å². The summed E-state index contributed by atoms with van der Waals surface area (Å²) in [5.41, 5.74) is 2.00. The number of phenols is 1. The summed E-state index contributed by atoms with van der Waals surface area (Å²) in [6.45, 7) is 2.94. The van der Waals surface area contributed by atoms with Crippen LogP contribution in [-0.2, 0) is 22.6 Å². The lowest BCUT2D eigenvalue weighted by Crippen LogP contribution is -2.36. The Morgan fingerprint density at radius 2 is 2.09 bits per heavy atom. The Bertz CT molecular complexity index is 1280. The van der Waals surface area contributed by atoms with Crippen LogP contribution in [0.4, 0.5) is 0 Å². The number of carbonyl (C=O) groups is 2. The van der Waals surface area contributed by atoms with Gasteiger partial charge in [-0.15, -0.1) is 0 Å². The standard InChI is InChI=1S/C26H25N3O5/c1-16-12-19-13-18(6-7-21(19)34-16)24(31)22-23(17-4-2-5-20(30)14-17)29(26(33)25(22)32)10-3-9-28-11-8-27-15-28/h2,4-8,11,13-16,23H,3,9-10,12H2,1H3,(H2,30,31,32)/p+1. The summed E-state index contributed by atoms with van der Waals surface area (Å²) in [5, 5.41) is 21.3. The Morgan fingerprint density at radius 3 is 2.85 bits per heavy atom. The number of ether oxygens (including phenoxy) is 1. The Balaban J connectivity index is 1.53. The number of aromatic hydroxyl groups is 1. The van der Waals surface area contributed by atoms with Crippen molar-refractivity contribution in [3.63, 3.8) is 0 Å². The van der Waals surface area contributed by atoms with Gasteiger partial charge in [0, 0.05) is 24.9 Å². The average Bonchev–Trinajstić information content (AvgIpc) is 3.52. The van der Waals surface area contributed by atoms with Crippen LogP contribution in [0.5, 0.6) is 11.5 Å². The summed E-state index contributed by atoms with van der Waals surface area (Å²) in [5.74, 6) is -0.834. The summed E-state index contributed by atoms with van der Waals surface area (Å²) in [6.07, 6.45) is 6.87. The van der Waals surface area contributed by atoms with Gasteiger partial charge in [0.2, 0.25) is 6.33 Å². The lowest BCUT2D eigenvalue weighted by atomic mass is 9.94. The highest BCUT2D eigenvalue weighted by atomic mass is 16.5. The first-order valence-electron chi connectivity index (χ1n) is 11.3. The highest BCUT2D eigenvalue weighted by Crippen LogP contribution is 2.41. The molecular weight excluding hydrogens is 434 g/mol. The molecule has 1 aromatic heterocycles. The molecule has 34 heavy (non-hydrogen) atoms. The van der Waals surface area contributed by atoms with Crippen molar-refractivity contribution in [3.8, 4) is 11.5 Å². The van der Waals surface area contributed by atoms with Crippen molar-refractivity contribution in [1.82, 2.24) is 9.88 Å². The van der Waals surface area contributed by atoms with Gasteiger partial charge in [-0.25, -0.2) is 4.57 Å². The lowest BCUT2D eigenvalue weighted by molar-refractivity contribution is -0.695. The molecule has 1 saturated heterocycles. The first-order valence-corrected chi connectivity index (χ1v) is 11.3. The quantitative estimate of drug-likeness (QED) is 0.227. The first-order chi connectivity index (χ1) is 16.4. The molecule has 0 spiro atoms. The fourth-order valence-electron chi connectivity index (χ4n) is 4.76. The molecule has 3 heterocycles. The van der Waals surface area contributed by atoms with Crippen LogP contribution < -0.4 is 9.30 Å². The van der Waals surface area contributed by atoms with Crippen LogP contribution in [0.3, 0.4) is 0 Å². The molecule has 0 radical (unpaired) electrons. The second-order valence-corrected chi connectivity index (χ2v) is 8.75. The van der Waals surface area contributed by atoms with Gasteiger partial charge in [0.25, 0.3) is 11.7 Å². The molecule has 3 N–H and O–H groups in total. The predicted molar refractivity (Wildman–Crippen MR) is 123 cm³/mol. The van der Waals surface area contributed by atoms with Gasteiger partial charge in [0.15, 0.2) is 0 Å². The molecule has 0 aliphatic carbocycles. The molecule has 3 aromatic rings. The maximum atomic E-state index is 13.2. The molecule has 2 aliphatic rings. The van der Waals surface area contributed by atoms with Crippen molar-refractivity contribution in [1.29, 1.82) is 0 Å². The third kappa shape index (κ3) is 3.91. The number of nitrogens with zero attached hydrogens (tertiary/aromatic N) is 2. The fraction of sp³-hybridized carbons (Fsp3) is 0.269. The van der Waals surface area contributed by atoms with E-state index in [-0.39, 0.29) is 23.2 Å². The number of H-pyrrole nitrogens is 1. The van der Waals surface area contributed by atoms with Gasteiger partial charge in [-0.2, -0.15) is 0 Å². The number of benzene rings is 2. The highest BCUT2D eigenvalue weighted by molar-refractivity contribution is 6.46. The molecular formula is C26H26N3O5+. The number of hydrogen-bond donors (Lipinski definition) is 3. The van der Waals surface area contributed by atoms with Crippen LogP contribution in [0.25, 0.3) is 5.76 Å². The van der Waals surface area contributed by atoms with Crippen LogP contribution >= 0.6 is 0 Å². The summed E-state index contributed by atoms with van der Waals surface area (Å²) in [4.78, 5) is 30.7. The van der Waals surface area contributed by atoms with E-state index in [0.717, 1.165) is 11.3 Å². The minimum atomic E-state index is -0.799. The third-order valence-corrected chi connectivity index (χ3v) is 6.31. The Labute approximate surface area is 196 Å². The van der Waals surface area contributed by atoms with E-state index < -0.39 is 17.7 Å². The van der Waals surface area contributed by atoms with Crippen LogP contribution in [-0.4, -0.2) is 44.4 Å². The average molecular weight is 461 g/mol. The van der Waals surface area contributed by atoms with E-state index in [1.54, 1.807) is 30.5 Å². The summed E-state index contributed by atoms with van der Waals surface area (Å²) >= 11 is 0. The number of rotatable bonds is 6. The van der Waals surface area contributed by atoms with Gasteiger partial charge in [0.1, 0.15) is 35.8 Å². The molecule has 2 aromatic carbocycles. The Morgan fingerprint density at radius 1 is 1.24 bits per heavy atom. The maximum Gasteiger partial charge on any atom is 0.295 e. The van der Waals surface area contributed by atoms with Crippen LogP contribution in [0.1, 0.15) is 36.1 Å². The van der Waals surface area contributed by atoms with E-state index in [4.69, 9.17) is 4.74 Å². The van der Waals surface area contributed by atoms with E-state index in [1.807, 2.05) is 30.1 Å². The number of amides is 1. The topological polar surface area (TPSA) is 107 Å². The second kappa shape index (κ2) is 8.70. The number of aliphatic hydroxyl groups excluding tert-OH is 1. The normalized spacial score (nSPS) is 21.0. The molecule has 0 saturated carbocycles. The number of aromatic nitrogens is 2. The van der Waals surface area contributed by atoms with Crippen molar-refractivity contribution in [3.05, 3.63) is 83.4 Å². The van der Waals surface area contributed by atoms with E-state index in [2.05, 4.69) is 4.98 Å². The lowest BCUT2D eigenvalue weighted by Gasteiger charge is -2.25. The van der Waals surface area contributed by atoms with Crippen molar-refractivity contribution in [2.45, 2.75) is 38.5 Å². The van der Waals surface area contributed by atoms with Crippen LogP contribution in [0.2, 0.25) is 0 Å². The maximum absolute atomic E-state index is 13.2. The zero-order valence-corrected chi connectivity index (χ0v) is 18.8. The van der Waals surface area contributed by atoms with Gasteiger partial charge in [-0.1, -0.05) is 12.1 Å². The van der Waals surface area contributed by atoms with Crippen molar-refractivity contribution in [2.24, 2.45) is 0 Å². The van der Waals surface area contributed by atoms with E-state index in [9.17, 15) is 19.8 Å². The first kappa shape index (κ1) is 21.8. The molecule has 1 amide bonds. The monoisotopic (exact) mass is 460 g/mol. The minimum Gasteiger partial charge on any atom is -0.508 e. The third-order valence-electron chi connectivity index (χ3n) is 6.31. The van der Waals surface area contributed by atoms with Gasteiger partial charge < -0.3 is 19.8 Å². The predicted octanol–water partition coefficient (Wildman–Crippen LogP) is 2.84. The number of aryl methyl sites for hydroxylation is 1. The van der Waals surface area contributed by atoms with E-state index >= 15 is 0 Å². The fourth-order valence-corrected chi connectivity index (χ4v) is 4.76. The molecule has 174 valence electrons. The highest BCUT2D eigenvalue weighted by Gasteiger charge is 2.46. The SMILES string of the molecule is CC1Cc2cc(/C(O)=C3\C(=O)C(=O)N(CCC[n+]4cc[nH]c4)C3c3cccc(O)c3)ccc2O1. The zero-order chi connectivity index (χ0) is 23.8. The second-order valence-electron chi connectivity index (χ2n) is 8.75. The molecule has 2 atom stereocenters. The number of aliphatic hydroxyl groups is 1. The number of hydrogen-bond acceptors (Lipinski definition) is 5. The van der Waals surface area contributed by atoms with Gasteiger partial charge >= 0.3 is 0 Å². The molecule has 2 aliphatic heterocycles. The smallest absolute Gasteiger partial charge is 0.295 e. The van der Waals surface area contributed by atoms with E-state index in [1.165, 1.54) is 17.0 Å². The Kier molecular flexibility index (Phi) is 5.57. The minimum absolute atomic E-state index is 0.0228. The largest absolute Gasteiger partial charge is 0.508 e. The van der Waals surface area contributed by atoms with E-state index in [0.29, 0.717) is 37.1 Å². The number of nitrogens with one attached hydrogen (secondary N) is 1. The zero-order valence-electron chi connectivity index (χ0n) is 18.8.